The van der Waals surface area contributed by atoms with Crippen molar-refractivity contribution in [3.05, 3.63) is 65.2 Å². The van der Waals surface area contributed by atoms with Crippen molar-refractivity contribution in [3.8, 4) is 11.8 Å². The van der Waals surface area contributed by atoms with E-state index in [0.29, 0.717) is 17.9 Å². The van der Waals surface area contributed by atoms with Gasteiger partial charge in [-0.05, 0) is 30.5 Å². The zero-order valence-corrected chi connectivity index (χ0v) is 13.3. The predicted octanol–water partition coefficient (Wildman–Crippen LogP) is 3.17. The first-order valence-electron chi connectivity index (χ1n) is 7.74. The Morgan fingerprint density at radius 3 is 2.65 bits per heavy atom. The van der Waals surface area contributed by atoms with Crippen molar-refractivity contribution in [1.82, 2.24) is 5.32 Å². The molecule has 4 nitrogen and oxygen atoms in total. The zero-order chi connectivity index (χ0) is 16.5. The smallest absolute Gasteiger partial charge is 0.124 e. The van der Waals surface area contributed by atoms with Crippen molar-refractivity contribution >= 4 is 0 Å². The highest BCUT2D eigenvalue weighted by Crippen LogP contribution is 2.23. The molecule has 0 aromatic heterocycles. The predicted molar refractivity (Wildman–Crippen MR) is 90.1 cm³/mol. The third-order valence-electron chi connectivity index (χ3n) is 3.81. The van der Waals surface area contributed by atoms with Crippen molar-refractivity contribution in [2.45, 2.75) is 25.4 Å². The summed E-state index contributed by atoms with van der Waals surface area (Å²) in [6.45, 7) is 0.824. The lowest BCUT2D eigenvalue weighted by atomic mass is 10.0. The Morgan fingerprint density at radius 1 is 1.22 bits per heavy atom. The molecular formula is C19H22N2O2. The number of methoxy groups -OCH3 is 1. The lowest BCUT2D eigenvalue weighted by molar-refractivity contribution is 0.274. The second kappa shape index (κ2) is 8.94. The van der Waals surface area contributed by atoms with Gasteiger partial charge >= 0.3 is 0 Å². The van der Waals surface area contributed by atoms with Crippen LogP contribution in [-0.2, 0) is 6.54 Å². The summed E-state index contributed by atoms with van der Waals surface area (Å²) in [7, 11) is 1.61. The molecule has 2 N–H and O–H groups in total. The molecule has 4 heteroatoms. The quantitative estimate of drug-likeness (QED) is 0.786. The Hall–Kier alpha value is -2.35. The van der Waals surface area contributed by atoms with Gasteiger partial charge in [-0.3, -0.25) is 0 Å². The molecule has 0 spiro atoms. The van der Waals surface area contributed by atoms with Crippen molar-refractivity contribution in [1.29, 1.82) is 5.26 Å². The average molecular weight is 310 g/mol. The van der Waals surface area contributed by atoms with Crippen LogP contribution in [0.3, 0.4) is 0 Å². The van der Waals surface area contributed by atoms with Crippen molar-refractivity contribution in [2.75, 3.05) is 13.7 Å². The Labute approximate surface area is 137 Å². The molecule has 0 bridgehead atoms. The van der Waals surface area contributed by atoms with Gasteiger partial charge in [-0.25, -0.2) is 0 Å². The Morgan fingerprint density at radius 2 is 2.00 bits per heavy atom. The Balaban J connectivity index is 2.11. The minimum absolute atomic E-state index is 0.170. The van der Waals surface area contributed by atoms with Crippen LogP contribution in [0.5, 0.6) is 5.75 Å². The van der Waals surface area contributed by atoms with Gasteiger partial charge < -0.3 is 15.2 Å². The summed E-state index contributed by atoms with van der Waals surface area (Å²) in [6, 6.07) is 18.0. The van der Waals surface area contributed by atoms with E-state index in [4.69, 9.17) is 15.1 Å². The van der Waals surface area contributed by atoms with Crippen LogP contribution < -0.4 is 10.1 Å². The molecule has 0 aliphatic carbocycles. The largest absolute Gasteiger partial charge is 0.496 e. The number of aliphatic hydroxyl groups is 1. The molecule has 2 aromatic carbocycles. The number of hydrogen-bond donors (Lipinski definition) is 2. The fourth-order valence-electron chi connectivity index (χ4n) is 2.56. The highest BCUT2D eigenvalue weighted by Gasteiger charge is 2.12. The second-order valence-electron chi connectivity index (χ2n) is 5.35. The number of ether oxygens (including phenoxy) is 1. The molecule has 0 amide bonds. The minimum Gasteiger partial charge on any atom is -0.496 e. The van der Waals surface area contributed by atoms with Gasteiger partial charge in [0, 0.05) is 24.8 Å². The normalized spacial score (nSPS) is 11.7. The summed E-state index contributed by atoms with van der Waals surface area (Å²) in [5.74, 6) is 0.713. The maximum Gasteiger partial charge on any atom is 0.124 e. The van der Waals surface area contributed by atoms with Crippen molar-refractivity contribution in [3.63, 3.8) is 0 Å². The van der Waals surface area contributed by atoms with E-state index >= 15 is 0 Å². The fourth-order valence-corrected chi connectivity index (χ4v) is 2.56. The van der Waals surface area contributed by atoms with Gasteiger partial charge in [0.1, 0.15) is 5.75 Å². The van der Waals surface area contributed by atoms with Crippen molar-refractivity contribution < 1.29 is 9.84 Å². The lowest BCUT2D eigenvalue weighted by Crippen LogP contribution is -2.21. The third-order valence-corrected chi connectivity index (χ3v) is 3.81. The van der Waals surface area contributed by atoms with Crippen molar-refractivity contribution in [2.24, 2.45) is 0 Å². The van der Waals surface area contributed by atoms with E-state index < -0.39 is 0 Å². The molecule has 1 atom stereocenters. The first-order chi connectivity index (χ1) is 11.3. The Kier molecular flexibility index (Phi) is 6.61. The average Bonchev–Trinajstić information content (AvgIpc) is 2.62. The number of rotatable bonds is 8. The minimum atomic E-state index is 0.170. The Bertz CT molecular complexity index is 650. The molecule has 0 heterocycles. The van der Waals surface area contributed by atoms with Crippen LogP contribution in [0.2, 0.25) is 0 Å². The molecule has 0 aliphatic rings. The third kappa shape index (κ3) is 4.82. The lowest BCUT2D eigenvalue weighted by Gasteiger charge is -2.20. The first kappa shape index (κ1) is 17.0. The zero-order valence-electron chi connectivity index (χ0n) is 13.3. The van der Waals surface area contributed by atoms with E-state index in [1.54, 1.807) is 19.2 Å². The molecule has 0 aliphatic heterocycles. The number of hydrogen-bond acceptors (Lipinski definition) is 4. The van der Waals surface area contributed by atoms with Gasteiger partial charge in [0.2, 0.25) is 0 Å². The van der Waals surface area contributed by atoms with Gasteiger partial charge in [0.25, 0.3) is 0 Å². The van der Waals surface area contributed by atoms with E-state index in [-0.39, 0.29) is 12.6 Å². The molecule has 0 saturated heterocycles. The van der Waals surface area contributed by atoms with Crippen LogP contribution in [0.15, 0.2) is 48.5 Å². The molecule has 2 rings (SSSR count). The molecule has 23 heavy (non-hydrogen) atoms. The van der Waals surface area contributed by atoms with Crippen LogP contribution in [0.4, 0.5) is 0 Å². The van der Waals surface area contributed by atoms with Gasteiger partial charge in [-0.15, -0.1) is 0 Å². The summed E-state index contributed by atoms with van der Waals surface area (Å²) in [5.41, 5.74) is 2.80. The highest BCUT2D eigenvalue weighted by molar-refractivity contribution is 5.42. The number of aliphatic hydroxyl groups excluding tert-OH is 1. The topological polar surface area (TPSA) is 65.3 Å². The van der Waals surface area contributed by atoms with Crippen LogP contribution in [-0.4, -0.2) is 18.8 Å². The molecule has 120 valence electrons. The molecular weight excluding hydrogens is 288 g/mol. The summed E-state index contributed by atoms with van der Waals surface area (Å²) in [4.78, 5) is 0. The van der Waals surface area contributed by atoms with E-state index in [1.807, 2.05) is 24.3 Å². The monoisotopic (exact) mass is 310 g/mol. The standard InChI is InChI=1S/C19H22N2O2/c1-23-19-12-15(13-20)9-10-17(19)14-21-18(8-5-11-22)16-6-3-2-4-7-16/h2-4,6-7,9-10,12,18,21-22H,5,8,11,14H2,1H3. The van der Waals surface area contributed by atoms with Crippen LogP contribution >= 0.6 is 0 Å². The van der Waals surface area contributed by atoms with E-state index in [9.17, 15) is 0 Å². The van der Waals surface area contributed by atoms with Gasteiger partial charge in [0.15, 0.2) is 0 Å². The van der Waals surface area contributed by atoms with Crippen LogP contribution in [0, 0.1) is 11.3 Å². The summed E-state index contributed by atoms with van der Waals surface area (Å²) < 4.78 is 5.38. The van der Waals surface area contributed by atoms with Gasteiger partial charge in [-0.2, -0.15) is 5.26 Å². The molecule has 0 saturated carbocycles. The number of nitrogens with zero attached hydrogens (tertiary/aromatic N) is 1. The highest BCUT2D eigenvalue weighted by atomic mass is 16.5. The van der Waals surface area contributed by atoms with E-state index in [0.717, 1.165) is 18.4 Å². The second-order valence-corrected chi connectivity index (χ2v) is 5.35. The van der Waals surface area contributed by atoms with Gasteiger partial charge in [0.05, 0.1) is 18.7 Å². The number of nitrogens with one attached hydrogen (secondary N) is 1. The maximum absolute atomic E-state index is 9.11. The maximum atomic E-state index is 9.11. The van der Waals surface area contributed by atoms with Gasteiger partial charge in [-0.1, -0.05) is 36.4 Å². The molecule has 1 unspecified atom stereocenters. The van der Waals surface area contributed by atoms with E-state index in [2.05, 4.69) is 23.5 Å². The summed E-state index contributed by atoms with van der Waals surface area (Å²) in [5, 5.41) is 21.6. The molecule has 0 radical (unpaired) electrons. The number of benzene rings is 2. The van der Waals surface area contributed by atoms with E-state index in [1.165, 1.54) is 5.56 Å². The van der Waals surface area contributed by atoms with Crippen LogP contribution in [0.1, 0.15) is 35.6 Å². The summed E-state index contributed by atoms with van der Waals surface area (Å²) in [6.07, 6.45) is 1.61. The first-order valence-corrected chi connectivity index (χ1v) is 7.74. The molecule has 0 fully saturated rings. The SMILES string of the molecule is COc1cc(C#N)ccc1CNC(CCCO)c1ccccc1. The number of nitriles is 1. The fraction of sp³-hybridized carbons (Fsp3) is 0.316. The molecule has 2 aromatic rings. The van der Waals surface area contributed by atoms with Crippen LogP contribution in [0.25, 0.3) is 0 Å². The summed E-state index contributed by atoms with van der Waals surface area (Å²) >= 11 is 0.